The lowest BCUT2D eigenvalue weighted by Gasteiger charge is -2.19. The fraction of sp³-hybridized carbons (Fsp3) is 1.00. The molecule has 0 aliphatic rings. The van der Waals surface area contributed by atoms with Gasteiger partial charge in [0.25, 0.3) is 0 Å². The molecule has 0 aliphatic heterocycles. The molecule has 0 aromatic carbocycles. The summed E-state index contributed by atoms with van der Waals surface area (Å²) in [6.45, 7) is 8.34. The zero-order valence-corrected chi connectivity index (χ0v) is 14.1. The van der Waals surface area contributed by atoms with Gasteiger partial charge in [0.15, 0.2) is 0 Å². The normalized spacial score (nSPS) is 12.8. The summed E-state index contributed by atoms with van der Waals surface area (Å²) >= 11 is 0. The summed E-state index contributed by atoms with van der Waals surface area (Å²) in [6.07, 6.45) is 0.853. The average molecular weight is 316 g/mol. The van der Waals surface area contributed by atoms with E-state index < -0.39 is 15.2 Å². The molecule has 19 heavy (non-hydrogen) atoms. The minimum Gasteiger partial charge on any atom is -0.309 e. The Bertz CT molecular complexity index is 270. The topological polar surface area (TPSA) is 71.1 Å². The second-order valence-electron chi connectivity index (χ2n) is 3.69. The molecule has 0 bridgehead atoms. The first-order chi connectivity index (χ1) is 8.95. The van der Waals surface area contributed by atoms with E-state index in [1.165, 1.54) is 0 Å². The van der Waals surface area contributed by atoms with E-state index in [2.05, 4.69) is 0 Å². The smallest absolute Gasteiger partial charge is 0.309 e. The van der Waals surface area contributed by atoms with Crippen molar-refractivity contribution < 1.29 is 27.2 Å². The summed E-state index contributed by atoms with van der Waals surface area (Å²) in [4.78, 5) is 0. The number of hydrogen-bond acceptors (Lipinski definition) is 6. The van der Waals surface area contributed by atoms with Crippen molar-refractivity contribution >= 4 is 15.2 Å². The average Bonchev–Trinajstić information content (AvgIpc) is 2.29. The van der Waals surface area contributed by atoms with Crippen molar-refractivity contribution in [2.75, 3.05) is 38.8 Å². The first-order valence-electron chi connectivity index (χ1n) is 6.71. The highest BCUT2D eigenvalue weighted by atomic mass is 31.2. The lowest BCUT2D eigenvalue weighted by molar-refractivity contribution is 0.216. The summed E-state index contributed by atoms with van der Waals surface area (Å²) in [5.74, 6) is 0. The van der Waals surface area contributed by atoms with E-state index in [0.29, 0.717) is 32.8 Å². The first kappa shape index (κ1) is 19.3. The second kappa shape index (κ2) is 10.1. The summed E-state index contributed by atoms with van der Waals surface area (Å²) < 4.78 is 45.1. The quantitative estimate of drug-likeness (QED) is 0.508. The van der Waals surface area contributed by atoms with Crippen LogP contribution in [0.4, 0.5) is 0 Å². The lowest BCUT2D eigenvalue weighted by Crippen LogP contribution is -2.05. The van der Waals surface area contributed by atoms with E-state index in [-0.39, 0.29) is 12.3 Å². The van der Waals surface area contributed by atoms with Gasteiger partial charge in [-0.1, -0.05) is 0 Å². The van der Waals surface area contributed by atoms with Gasteiger partial charge >= 0.3 is 15.2 Å². The Kier molecular flexibility index (Phi) is 10.2. The summed E-state index contributed by atoms with van der Waals surface area (Å²) in [7, 11) is -6.15. The third-order valence-corrected chi connectivity index (χ3v) is 6.50. The van der Waals surface area contributed by atoms with Gasteiger partial charge < -0.3 is 18.1 Å². The van der Waals surface area contributed by atoms with E-state index in [4.69, 9.17) is 18.1 Å². The Hall–Kier alpha value is 0.300. The van der Waals surface area contributed by atoms with E-state index in [1.54, 1.807) is 27.7 Å². The fourth-order valence-electron chi connectivity index (χ4n) is 1.58. The molecule has 0 rings (SSSR count). The third-order valence-electron chi connectivity index (χ3n) is 2.17. The molecule has 0 aliphatic carbocycles. The van der Waals surface area contributed by atoms with Crippen LogP contribution < -0.4 is 0 Å². The highest BCUT2D eigenvalue weighted by Crippen LogP contribution is 2.52. The highest BCUT2D eigenvalue weighted by molar-refractivity contribution is 7.54. The minimum absolute atomic E-state index is 0.221. The SMILES string of the molecule is CCOP(=O)(CCCP(=O)(OCC)OCC)OCC. The van der Waals surface area contributed by atoms with Crippen LogP contribution in [0.2, 0.25) is 0 Å². The zero-order valence-electron chi connectivity index (χ0n) is 12.3. The molecule has 0 aromatic heterocycles. The van der Waals surface area contributed by atoms with E-state index in [0.717, 1.165) is 0 Å². The van der Waals surface area contributed by atoms with Crippen LogP contribution in [0.25, 0.3) is 0 Å². The standard InChI is InChI=1S/C11H26O6P2/c1-5-14-18(12,15-6-2)10-9-11-19(13,16-7-3)17-8-4/h5-11H2,1-4H3. The lowest BCUT2D eigenvalue weighted by atomic mass is 10.6. The molecule has 0 amide bonds. The van der Waals surface area contributed by atoms with Crippen LogP contribution in [0.15, 0.2) is 0 Å². The molecular weight excluding hydrogens is 290 g/mol. The predicted molar refractivity (Wildman–Crippen MR) is 76.1 cm³/mol. The maximum Gasteiger partial charge on any atom is 0.330 e. The fourth-order valence-corrected chi connectivity index (χ4v) is 5.16. The number of hydrogen-bond donors (Lipinski definition) is 0. The van der Waals surface area contributed by atoms with Gasteiger partial charge in [-0.05, 0) is 34.1 Å². The Morgan fingerprint density at radius 2 is 0.895 bits per heavy atom. The molecule has 0 aromatic rings. The van der Waals surface area contributed by atoms with Gasteiger partial charge in [0.2, 0.25) is 0 Å². The molecule has 0 N–H and O–H groups in total. The number of rotatable bonds is 12. The van der Waals surface area contributed by atoms with Gasteiger partial charge in [0.1, 0.15) is 0 Å². The van der Waals surface area contributed by atoms with Gasteiger partial charge in [-0.2, -0.15) is 0 Å². The molecule has 0 atom stereocenters. The summed E-state index contributed by atoms with van der Waals surface area (Å²) in [5.41, 5.74) is 0. The van der Waals surface area contributed by atoms with Gasteiger partial charge in [0.05, 0.1) is 38.8 Å². The first-order valence-corrected chi connectivity index (χ1v) is 10.2. The Morgan fingerprint density at radius 3 is 1.11 bits per heavy atom. The predicted octanol–water partition coefficient (Wildman–Crippen LogP) is 3.91. The maximum absolute atomic E-state index is 12.2. The van der Waals surface area contributed by atoms with E-state index in [1.807, 2.05) is 0 Å². The van der Waals surface area contributed by atoms with Gasteiger partial charge in [-0.25, -0.2) is 0 Å². The second-order valence-corrected chi connectivity index (χ2v) is 8.06. The molecule has 6 nitrogen and oxygen atoms in total. The van der Waals surface area contributed by atoms with Crippen LogP contribution in [-0.4, -0.2) is 38.8 Å². The minimum atomic E-state index is -3.08. The molecule has 0 saturated heterocycles. The Morgan fingerprint density at radius 1 is 0.632 bits per heavy atom. The molecule has 0 radical (unpaired) electrons. The summed E-state index contributed by atoms with van der Waals surface area (Å²) in [6, 6.07) is 0. The van der Waals surface area contributed by atoms with Crippen LogP contribution in [0.3, 0.4) is 0 Å². The van der Waals surface area contributed by atoms with E-state index in [9.17, 15) is 9.13 Å². The molecule has 8 heteroatoms. The van der Waals surface area contributed by atoms with Crippen molar-refractivity contribution in [2.24, 2.45) is 0 Å². The largest absolute Gasteiger partial charge is 0.330 e. The van der Waals surface area contributed by atoms with Gasteiger partial charge in [-0.3, -0.25) is 9.13 Å². The van der Waals surface area contributed by atoms with Gasteiger partial charge in [0, 0.05) is 0 Å². The molecule has 0 saturated carbocycles. The zero-order chi connectivity index (χ0) is 14.8. The molecule has 0 heterocycles. The third kappa shape index (κ3) is 8.23. The van der Waals surface area contributed by atoms with Crippen molar-refractivity contribution in [1.29, 1.82) is 0 Å². The van der Waals surface area contributed by atoms with Crippen LogP contribution in [0, 0.1) is 0 Å². The van der Waals surface area contributed by atoms with Crippen LogP contribution >= 0.6 is 15.2 Å². The van der Waals surface area contributed by atoms with Crippen molar-refractivity contribution in [1.82, 2.24) is 0 Å². The van der Waals surface area contributed by atoms with Crippen molar-refractivity contribution in [2.45, 2.75) is 34.1 Å². The molecular formula is C11H26O6P2. The molecule has 0 unspecified atom stereocenters. The monoisotopic (exact) mass is 316 g/mol. The molecule has 0 spiro atoms. The van der Waals surface area contributed by atoms with Crippen LogP contribution in [-0.2, 0) is 27.2 Å². The Labute approximate surface area is 116 Å². The van der Waals surface area contributed by atoms with Crippen molar-refractivity contribution in [3.8, 4) is 0 Å². The van der Waals surface area contributed by atoms with Crippen molar-refractivity contribution in [3.05, 3.63) is 0 Å². The van der Waals surface area contributed by atoms with E-state index >= 15 is 0 Å². The van der Waals surface area contributed by atoms with Crippen LogP contribution in [0.5, 0.6) is 0 Å². The highest BCUT2D eigenvalue weighted by Gasteiger charge is 2.28. The van der Waals surface area contributed by atoms with Gasteiger partial charge in [-0.15, -0.1) is 0 Å². The molecule has 0 fully saturated rings. The van der Waals surface area contributed by atoms with Crippen LogP contribution in [0.1, 0.15) is 34.1 Å². The Balaban J connectivity index is 4.36. The molecule has 116 valence electrons. The summed E-state index contributed by atoms with van der Waals surface area (Å²) in [5, 5.41) is 0. The van der Waals surface area contributed by atoms with Crippen molar-refractivity contribution in [3.63, 3.8) is 0 Å². The maximum atomic E-state index is 12.2.